The number of rotatable bonds is 4. The first-order valence-electron chi connectivity index (χ1n) is 8.91. The maximum Gasteiger partial charge on any atom is 0.360 e. The Bertz CT molecular complexity index is 897. The van der Waals surface area contributed by atoms with Gasteiger partial charge in [0.05, 0.1) is 11.4 Å². The molecular weight excluding hydrogens is 334 g/mol. The number of carbonyl (C=O) groups is 2. The molecule has 26 heavy (non-hydrogen) atoms. The number of esters is 1. The lowest BCUT2D eigenvalue weighted by Gasteiger charge is -2.20. The Labute approximate surface area is 151 Å². The number of hydrogen-bond acceptors (Lipinski definition) is 5. The monoisotopic (exact) mass is 357 g/mol. The second kappa shape index (κ2) is 7.27. The van der Waals surface area contributed by atoms with Gasteiger partial charge >= 0.3 is 5.97 Å². The molecule has 1 aromatic carbocycles. The number of carbonyl (C=O) groups excluding carboxylic acids is 2. The Kier molecular flexibility index (Phi) is 5.06. The van der Waals surface area contributed by atoms with Gasteiger partial charge in [-0.2, -0.15) is 5.10 Å². The molecule has 0 aliphatic carbocycles. The zero-order valence-electron chi connectivity index (χ0n) is 15.3. The van der Waals surface area contributed by atoms with Crippen LogP contribution in [-0.2, 0) is 9.53 Å². The van der Waals surface area contributed by atoms with Crippen molar-refractivity contribution < 1.29 is 14.3 Å². The molecule has 7 nitrogen and oxygen atoms in total. The molecule has 1 saturated heterocycles. The van der Waals surface area contributed by atoms with Crippen LogP contribution in [0.5, 0.6) is 0 Å². The Morgan fingerprint density at radius 2 is 1.69 bits per heavy atom. The molecule has 2 heterocycles. The predicted molar refractivity (Wildman–Crippen MR) is 97.1 cm³/mol. The molecule has 0 N–H and O–H groups in total. The summed E-state index contributed by atoms with van der Waals surface area (Å²) in [6.07, 6.45) is 1.05. The van der Waals surface area contributed by atoms with E-state index < -0.39 is 12.1 Å². The molecule has 1 atom stereocenters. The van der Waals surface area contributed by atoms with Crippen LogP contribution in [0.1, 0.15) is 50.1 Å². The van der Waals surface area contributed by atoms with E-state index >= 15 is 0 Å². The third kappa shape index (κ3) is 3.34. The highest BCUT2D eigenvalue weighted by Gasteiger charge is 2.28. The maximum atomic E-state index is 12.7. The van der Waals surface area contributed by atoms with Gasteiger partial charge in [0, 0.05) is 18.5 Å². The highest BCUT2D eigenvalue weighted by atomic mass is 16.5. The molecule has 0 radical (unpaired) electrons. The average molecular weight is 357 g/mol. The van der Waals surface area contributed by atoms with E-state index in [9.17, 15) is 14.4 Å². The average Bonchev–Trinajstić information content (AvgIpc) is 3.15. The molecule has 0 unspecified atom stereocenters. The van der Waals surface area contributed by atoms with E-state index in [0.29, 0.717) is 23.9 Å². The van der Waals surface area contributed by atoms with Gasteiger partial charge in [-0.25, -0.2) is 9.48 Å². The molecule has 7 heteroatoms. The van der Waals surface area contributed by atoms with Crippen LogP contribution in [0.3, 0.4) is 0 Å². The molecule has 0 saturated carbocycles. The summed E-state index contributed by atoms with van der Waals surface area (Å²) < 4.78 is 6.66. The fourth-order valence-corrected chi connectivity index (χ4v) is 3.17. The van der Waals surface area contributed by atoms with Crippen molar-refractivity contribution in [3.05, 3.63) is 40.3 Å². The van der Waals surface area contributed by atoms with Gasteiger partial charge in [-0.3, -0.25) is 9.59 Å². The zero-order chi connectivity index (χ0) is 18.8. The van der Waals surface area contributed by atoms with Crippen LogP contribution in [0.15, 0.2) is 29.1 Å². The van der Waals surface area contributed by atoms with E-state index in [2.05, 4.69) is 5.10 Å². The first kappa shape index (κ1) is 18.1. The molecule has 1 fully saturated rings. The smallest absolute Gasteiger partial charge is 0.360 e. The minimum absolute atomic E-state index is 0.0509. The number of hydrogen-bond donors (Lipinski definition) is 0. The standard InChI is InChI=1S/C19H23N3O4/c1-12(2)22-18(24)15-9-5-4-8-14(15)16(20-22)19(25)26-13(3)17(23)21-10-6-7-11-21/h4-5,8-9,12-13H,6-7,10-11H2,1-3H3/t13-/m1/s1. The molecule has 1 amide bonds. The number of amides is 1. The molecule has 1 aromatic heterocycles. The predicted octanol–water partition coefficient (Wildman–Crippen LogP) is 2.15. The molecule has 3 rings (SSSR count). The molecule has 2 aromatic rings. The van der Waals surface area contributed by atoms with Crippen LogP contribution in [0, 0.1) is 0 Å². The summed E-state index contributed by atoms with van der Waals surface area (Å²) in [6, 6.07) is 6.59. The molecule has 1 aliphatic heterocycles. The Hall–Kier alpha value is -2.70. The van der Waals surface area contributed by atoms with Crippen LogP contribution >= 0.6 is 0 Å². The summed E-state index contributed by atoms with van der Waals surface area (Å²) in [5, 5.41) is 5.05. The largest absolute Gasteiger partial charge is 0.448 e. The normalized spacial score (nSPS) is 15.5. The van der Waals surface area contributed by atoms with Crippen molar-refractivity contribution in [3.8, 4) is 0 Å². The van der Waals surface area contributed by atoms with Gasteiger partial charge in [0.2, 0.25) is 0 Å². The molecule has 0 bridgehead atoms. The highest BCUT2D eigenvalue weighted by molar-refractivity contribution is 6.02. The van der Waals surface area contributed by atoms with Crippen molar-refractivity contribution >= 4 is 22.6 Å². The lowest BCUT2D eigenvalue weighted by Crippen LogP contribution is -2.38. The van der Waals surface area contributed by atoms with E-state index in [1.165, 1.54) is 4.68 Å². The van der Waals surface area contributed by atoms with Crippen molar-refractivity contribution in [2.45, 2.75) is 45.8 Å². The number of benzene rings is 1. The second-order valence-corrected chi connectivity index (χ2v) is 6.82. The van der Waals surface area contributed by atoms with Crippen LogP contribution in [0.2, 0.25) is 0 Å². The number of likely N-dealkylation sites (tertiary alicyclic amines) is 1. The van der Waals surface area contributed by atoms with Crippen molar-refractivity contribution in [1.29, 1.82) is 0 Å². The van der Waals surface area contributed by atoms with E-state index in [0.717, 1.165) is 12.8 Å². The zero-order valence-corrected chi connectivity index (χ0v) is 15.3. The molecule has 0 spiro atoms. The van der Waals surface area contributed by atoms with E-state index in [4.69, 9.17) is 4.74 Å². The quantitative estimate of drug-likeness (QED) is 0.783. The first-order valence-corrected chi connectivity index (χ1v) is 8.91. The van der Waals surface area contributed by atoms with Crippen molar-refractivity contribution in [1.82, 2.24) is 14.7 Å². The summed E-state index contributed by atoms with van der Waals surface area (Å²) >= 11 is 0. The third-order valence-corrected chi connectivity index (χ3v) is 4.56. The SMILES string of the molecule is CC(C)n1nc(C(=O)O[C@H](C)C(=O)N2CCCC2)c2ccccc2c1=O. The minimum atomic E-state index is -0.888. The third-order valence-electron chi connectivity index (χ3n) is 4.56. The molecular formula is C19H23N3O4. The fourth-order valence-electron chi connectivity index (χ4n) is 3.17. The van der Waals surface area contributed by atoms with Crippen LogP contribution in [0.4, 0.5) is 0 Å². The summed E-state index contributed by atoms with van der Waals surface area (Å²) in [5.41, 5.74) is -0.205. The number of ether oxygens (including phenoxy) is 1. The second-order valence-electron chi connectivity index (χ2n) is 6.82. The number of aromatic nitrogens is 2. The van der Waals surface area contributed by atoms with E-state index in [1.807, 2.05) is 13.8 Å². The van der Waals surface area contributed by atoms with Crippen LogP contribution < -0.4 is 5.56 Å². The lowest BCUT2D eigenvalue weighted by molar-refractivity contribution is -0.138. The Balaban J connectivity index is 1.93. The number of nitrogens with zero attached hydrogens (tertiary/aromatic N) is 3. The van der Waals surface area contributed by atoms with Crippen molar-refractivity contribution in [2.75, 3.05) is 13.1 Å². The first-order chi connectivity index (χ1) is 12.4. The summed E-state index contributed by atoms with van der Waals surface area (Å²) in [4.78, 5) is 39.3. The summed E-state index contributed by atoms with van der Waals surface area (Å²) in [7, 11) is 0. The van der Waals surface area contributed by atoms with Gasteiger partial charge in [0.1, 0.15) is 0 Å². The minimum Gasteiger partial charge on any atom is -0.448 e. The lowest BCUT2D eigenvalue weighted by atomic mass is 10.1. The fraction of sp³-hybridized carbons (Fsp3) is 0.474. The van der Waals surface area contributed by atoms with Gasteiger partial charge in [-0.15, -0.1) is 0 Å². The highest BCUT2D eigenvalue weighted by Crippen LogP contribution is 2.17. The van der Waals surface area contributed by atoms with E-state index in [1.54, 1.807) is 36.1 Å². The molecule has 138 valence electrons. The van der Waals surface area contributed by atoms with Crippen molar-refractivity contribution in [3.63, 3.8) is 0 Å². The summed E-state index contributed by atoms with van der Waals surface area (Å²) in [6.45, 7) is 6.59. The topological polar surface area (TPSA) is 81.5 Å². The maximum absolute atomic E-state index is 12.7. The van der Waals surface area contributed by atoms with Crippen LogP contribution in [-0.4, -0.2) is 45.8 Å². The number of fused-ring (bicyclic) bond motifs is 1. The molecule has 1 aliphatic rings. The Morgan fingerprint density at radius 1 is 1.08 bits per heavy atom. The van der Waals surface area contributed by atoms with Gasteiger partial charge in [0.25, 0.3) is 11.5 Å². The van der Waals surface area contributed by atoms with Gasteiger partial charge in [-0.05, 0) is 39.7 Å². The van der Waals surface area contributed by atoms with E-state index in [-0.39, 0.29) is 23.2 Å². The van der Waals surface area contributed by atoms with Gasteiger partial charge in [0.15, 0.2) is 11.8 Å². The summed E-state index contributed by atoms with van der Waals surface area (Å²) in [5.74, 6) is -0.895. The van der Waals surface area contributed by atoms with Gasteiger partial charge in [-0.1, -0.05) is 18.2 Å². The van der Waals surface area contributed by atoms with Gasteiger partial charge < -0.3 is 9.64 Å². The Morgan fingerprint density at radius 3 is 2.31 bits per heavy atom. The van der Waals surface area contributed by atoms with Crippen LogP contribution in [0.25, 0.3) is 10.8 Å². The van der Waals surface area contributed by atoms with Crippen molar-refractivity contribution in [2.24, 2.45) is 0 Å².